The molecule has 0 bridgehead atoms. The van der Waals surface area contributed by atoms with Gasteiger partial charge >= 0.3 is 0 Å². The third-order valence-corrected chi connectivity index (χ3v) is 5.93. The highest BCUT2D eigenvalue weighted by Gasteiger charge is 2.31. The van der Waals surface area contributed by atoms with E-state index >= 15 is 0 Å². The van der Waals surface area contributed by atoms with E-state index in [0.717, 1.165) is 35.8 Å². The number of nitrogens with zero attached hydrogens (tertiary/aromatic N) is 4. The number of ether oxygens (including phenoxy) is 1. The second kappa shape index (κ2) is 7.66. The highest BCUT2D eigenvalue weighted by atomic mass is 32.1. The molecule has 4 heterocycles. The Morgan fingerprint density at radius 3 is 2.96 bits per heavy atom. The fraction of sp³-hybridized carbons (Fsp3) is 0.421. The van der Waals surface area contributed by atoms with Crippen molar-refractivity contribution >= 4 is 17.2 Å². The zero-order chi connectivity index (χ0) is 18.8. The number of hydrogen-bond acceptors (Lipinski definition) is 5. The molecule has 8 heteroatoms. The van der Waals surface area contributed by atoms with Crippen molar-refractivity contribution in [2.75, 3.05) is 6.61 Å². The Bertz CT molecular complexity index is 915. The normalized spacial score (nSPS) is 19.9. The van der Waals surface area contributed by atoms with Crippen LogP contribution in [0.25, 0.3) is 5.13 Å². The summed E-state index contributed by atoms with van der Waals surface area (Å²) >= 11 is 1.40. The van der Waals surface area contributed by atoms with Crippen molar-refractivity contribution < 1.29 is 9.53 Å². The lowest BCUT2D eigenvalue weighted by atomic mass is 9.98. The molecular weight excluding hydrogens is 362 g/mol. The standard InChI is InChI=1S/C19H23N5O2S/c1-3-24-12-14(11-20-24)16-15(7-6-10-26-16)22-18(25)17-13(2)21-19(27-17)23-8-4-5-9-23/h4-5,8-9,11-12,15-16H,3,6-7,10H2,1-2H3,(H,22,25)/t15-,16+/m1/s1. The van der Waals surface area contributed by atoms with Gasteiger partial charge in [0.2, 0.25) is 0 Å². The summed E-state index contributed by atoms with van der Waals surface area (Å²) in [6.45, 7) is 5.43. The van der Waals surface area contributed by atoms with Gasteiger partial charge in [-0.05, 0) is 38.8 Å². The van der Waals surface area contributed by atoms with Gasteiger partial charge in [0.25, 0.3) is 5.91 Å². The van der Waals surface area contributed by atoms with E-state index in [9.17, 15) is 4.79 Å². The van der Waals surface area contributed by atoms with Crippen molar-refractivity contribution in [3.8, 4) is 5.13 Å². The van der Waals surface area contributed by atoms with E-state index in [1.165, 1.54) is 11.3 Å². The molecule has 0 unspecified atom stereocenters. The van der Waals surface area contributed by atoms with Gasteiger partial charge in [0.1, 0.15) is 11.0 Å². The third kappa shape index (κ3) is 3.68. The molecular formula is C19H23N5O2S. The Labute approximate surface area is 162 Å². The molecule has 1 N–H and O–H groups in total. The van der Waals surface area contributed by atoms with Crippen LogP contribution in [0.4, 0.5) is 0 Å². The van der Waals surface area contributed by atoms with Gasteiger partial charge in [0, 0.05) is 37.3 Å². The quantitative estimate of drug-likeness (QED) is 0.732. The third-order valence-electron chi connectivity index (χ3n) is 4.76. The maximum Gasteiger partial charge on any atom is 0.263 e. The van der Waals surface area contributed by atoms with E-state index in [-0.39, 0.29) is 18.1 Å². The van der Waals surface area contributed by atoms with Crippen molar-refractivity contribution in [1.29, 1.82) is 0 Å². The minimum atomic E-state index is -0.167. The van der Waals surface area contributed by atoms with Crippen LogP contribution in [0.5, 0.6) is 0 Å². The average molecular weight is 385 g/mol. The number of rotatable bonds is 5. The zero-order valence-corrected chi connectivity index (χ0v) is 16.3. The topological polar surface area (TPSA) is 74.0 Å². The van der Waals surface area contributed by atoms with Gasteiger partial charge in [0.05, 0.1) is 17.9 Å². The molecule has 7 nitrogen and oxygen atoms in total. The number of carbonyl (C=O) groups is 1. The molecule has 4 rings (SSSR count). The maximum atomic E-state index is 12.9. The van der Waals surface area contributed by atoms with Crippen LogP contribution in [0.3, 0.4) is 0 Å². The minimum Gasteiger partial charge on any atom is -0.371 e. The number of hydrogen-bond donors (Lipinski definition) is 1. The molecule has 0 aromatic carbocycles. The molecule has 1 aliphatic rings. The Morgan fingerprint density at radius 1 is 1.41 bits per heavy atom. The molecule has 2 atom stereocenters. The summed E-state index contributed by atoms with van der Waals surface area (Å²) in [6, 6.07) is 3.81. The lowest BCUT2D eigenvalue weighted by molar-refractivity contribution is -0.00947. The number of nitrogens with one attached hydrogen (secondary N) is 1. The Morgan fingerprint density at radius 2 is 2.22 bits per heavy atom. The second-order valence-corrected chi connectivity index (χ2v) is 7.62. The number of aryl methyl sites for hydroxylation is 2. The molecule has 0 saturated carbocycles. The Hall–Kier alpha value is -2.45. The van der Waals surface area contributed by atoms with Crippen LogP contribution in [-0.4, -0.2) is 37.9 Å². The molecule has 27 heavy (non-hydrogen) atoms. The maximum absolute atomic E-state index is 12.9. The van der Waals surface area contributed by atoms with Crippen LogP contribution < -0.4 is 5.32 Å². The van der Waals surface area contributed by atoms with Crippen molar-refractivity contribution in [2.45, 2.75) is 45.4 Å². The smallest absolute Gasteiger partial charge is 0.263 e. The van der Waals surface area contributed by atoms with Crippen LogP contribution in [0.2, 0.25) is 0 Å². The minimum absolute atomic E-state index is 0.0720. The Balaban J connectivity index is 1.52. The van der Waals surface area contributed by atoms with Gasteiger partial charge < -0.3 is 14.6 Å². The van der Waals surface area contributed by atoms with Crippen molar-refractivity contribution in [2.24, 2.45) is 0 Å². The predicted molar refractivity (Wildman–Crippen MR) is 103 cm³/mol. The molecule has 3 aromatic heterocycles. The summed E-state index contributed by atoms with van der Waals surface area (Å²) in [4.78, 5) is 18.1. The van der Waals surface area contributed by atoms with Crippen LogP contribution in [0.1, 0.15) is 46.8 Å². The number of carbonyl (C=O) groups excluding carboxylic acids is 1. The van der Waals surface area contributed by atoms with E-state index in [1.807, 2.05) is 60.0 Å². The van der Waals surface area contributed by atoms with Gasteiger partial charge in [-0.25, -0.2) is 4.98 Å². The summed E-state index contributed by atoms with van der Waals surface area (Å²) in [7, 11) is 0. The average Bonchev–Trinajstić information content (AvgIpc) is 3.42. The van der Waals surface area contributed by atoms with Crippen molar-refractivity contribution in [3.63, 3.8) is 0 Å². The molecule has 1 saturated heterocycles. The fourth-order valence-corrected chi connectivity index (χ4v) is 4.29. The predicted octanol–water partition coefficient (Wildman–Crippen LogP) is 3.11. The van der Waals surface area contributed by atoms with E-state index in [2.05, 4.69) is 15.4 Å². The van der Waals surface area contributed by atoms with Crippen molar-refractivity contribution in [1.82, 2.24) is 24.6 Å². The van der Waals surface area contributed by atoms with Gasteiger partial charge in [-0.1, -0.05) is 11.3 Å². The van der Waals surface area contributed by atoms with E-state index in [4.69, 9.17) is 4.74 Å². The largest absolute Gasteiger partial charge is 0.371 e. The molecule has 1 amide bonds. The lowest BCUT2D eigenvalue weighted by Crippen LogP contribution is -2.42. The number of aromatic nitrogens is 4. The monoisotopic (exact) mass is 385 g/mol. The molecule has 1 aliphatic heterocycles. The summed E-state index contributed by atoms with van der Waals surface area (Å²) in [5.74, 6) is -0.0909. The fourth-order valence-electron chi connectivity index (χ4n) is 3.36. The van der Waals surface area contributed by atoms with Crippen LogP contribution in [-0.2, 0) is 11.3 Å². The van der Waals surface area contributed by atoms with Crippen molar-refractivity contribution in [3.05, 3.63) is 53.1 Å². The molecule has 0 spiro atoms. The second-order valence-electron chi connectivity index (χ2n) is 6.64. The first-order chi connectivity index (χ1) is 13.2. The molecule has 142 valence electrons. The summed E-state index contributed by atoms with van der Waals surface area (Å²) < 4.78 is 9.78. The lowest BCUT2D eigenvalue weighted by Gasteiger charge is -2.31. The van der Waals surface area contributed by atoms with Crippen LogP contribution >= 0.6 is 11.3 Å². The summed E-state index contributed by atoms with van der Waals surface area (Å²) in [6.07, 6.45) is 9.33. The van der Waals surface area contributed by atoms with E-state index in [0.29, 0.717) is 11.5 Å². The van der Waals surface area contributed by atoms with Gasteiger partial charge in [-0.2, -0.15) is 5.10 Å². The molecule has 3 aromatic rings. The van der Waals surface area contributed by atoms with Gasteiger partial charge in [-0.3, -0.25) is 9.48 Å². The SMILES string of the molecule is CCn1cc([C@@H]2OCCC[C@H]2NC(=O)c2sc(-n3cccc3)nc2C)cn1. The van der Waals surface area contributed by atoms with E-state index < -0.39 is 0 Å². The van der Waals surface area contributed by atoms with Gasteiger partial charge in [-0.15, -0.1) is 0 Å². The first-order valence-electron chi connectivity index (χ1n) is 9.21. The number of amides is 1. The van der Waals surface area contributed by atoms with E-state index in [1.54, 1.807) is 0 Å². The first kappa shape index (κ1) is 17.9. The number of thiazole rings is 1. The molecule has 0 aliphatic carbocycles. The zero-order valence-electron chi connectivity index (χ0n) is 15.5. The highest BCUT2D eigenvalue weighted by Crippen LogP contribution is 2.29. The van der Waals surface area contributed by atoms with Crippen LogP contribution in [0.15, 0.2) is 36.9 Å². The highest BCUT2D eigenvalue weighted by molar-refractivity contribution is 7.16. The molecule has 0 radical (unpaired) electrons. The van der Waals surface area contributed by atoms with Crippen LogP contribution in [0, 0.1) is 6.92 Å². The summed E-state index contributed by atoms with van der Waals surface area (Å²) in [5, 5.41) is 8.31. The molecule has 1 fully saturated rings. The first-order valence-corrected chi connectivity index (χ1v) is 10.0. The Kier molecular flexibility index (Phi) is 5.09. The van der Waals surface area contributed by atoms with Gasteiger partial charge in [0.15, 0.2) is 5.13 Å². The summed E-state index contributed by atoms with van der Waals surface area (Å²) in [5.41, 5.74) is 1.75.